The average Bonchev–Trinajstić information content (AvgIpc) is 3.24. The van der Waals surface area contributed by atoms with E-state index >= 15 is 0 Å². The molecule has 0 radical (unpaired) electrons. The van der Waals surface area contributed by atoms with Crippen LogP contribution in [0.4, 0.5) is 0 Å². The summed E-state index contributed by atoms with van der Waals surface area (Å²) in [4.78, 5) is 17.2. The lowest BCUT2D eigenvalue weighted by atomic mass is 10.0. The molecule has 1 amide bonds. The molecule has 0 fully saturated rings. The first-order valence-electron chi connectivity index (χ1n) is 8.36. The Morgan fingerprint density at radius 1 is 1.12 bits per heavy atom. The molecule has 1 aliphatic heterocycles. The molecule has 0 saturated carbocycles. The van der Waals surface area contributed by atoms with Crippen molar-refractivity contribution in [2.75, 3.05) is 12.2 Å². The normalized spacial score (nSPS) is 12.3. The molecule has 1 aromatic heterocycles. The Labute approximate surface area is 151 Å². The lowest BCUT2D eigenvalue weighted by Crippen LogP contribution is -2.24. The molecule has 132 valence electrons. The topological polar surface area (TPSA) is 65.4 Å². The first-order valence-corrected chi connectivity index (χ1v) is 8.36. The minimum Gasteiger partial charge on any atom is -0.454 e. The third-order valence-corrected chi connectivity index (χ3v) is 4.63. The zero-order valence-electron chi connectivity index (χ0n) is 14.9. The number of hydrogen-bond donors (Lipinski definition) is 1. The fourth-order valence-corrected chi connectivity index (χ4v) is 2.97. The van der Waals surface area contributed by atoms with Crippen molar-refractivity contribution in [3.63, 3.8) is 0 Å². The van der Waals surface area contributed by atoms with Crippen LogP contribution in [0.1, 0.15) is 27.2 Å². The maximum Gasteiger partial charge on any atom is 0.270 e. The van der Waals surface area contributed by atoms with Gasteiger partial charge in [-0.05, 0) is 50.1 Å². The van der Waals surface area contributed by atoms with Gasteiger partial charge in [-0.3, -0.25) is 10.2 Å². The number of nitrogens with zero attached hydrogens (tertiary/aromatic N) is 2. The third-order valence-electron chi connectivity index (χ3n) is 4.63. The van der Waals surface area contributed by atoms with Crippen LogP contribution in [0.3, 0.4) is 0 Å². The van der Waals surface area contributed by atoms with Gasteiger partial charge in [0.25, 0.3) is 5.91 Å². The van der Waals surface area contributed by atoms with Gasteiger partial charge in [-0.1, -0.05) is 18.2 Å². The number of carbonyl (C=O) groups excluding carboxylic acids is 1. The third kappa shape index (κ3) is 2.69. The highest BCUT2D eigenvalue weighted by Gasteiger charge is 2.18. The van der Waals surface area contributed by atoms with E-state index < -0.39 is 0 Å². The van der Waals surface area contributed by atoms with E-state index in [1.54, 1.807) is 29.1 Å². The van der Waals surface area contributed by atoms with Crippen LogP contribution in [0.15, 0.2) is 42.6 Å². The van der Waals surface area contributed by atoms with Gasteiger partial charge in [0.2, 0.25) is 6.79 Å². The summed E-state index contributed by atoms with van der Waals surface area (Å²) in [5.74, 6) is 1.69. The summed E-state index contributed by atoms with van der Waals surface area (Å²) in [6.45, 7) is 6.20. The molecule has 6 heteroatoms. The number of amides is 1. The Kier molecular flexibility index (Phi) is 3.88. The number of aryl methyl sites for hydroxylation is 2. The van der Waals surface area contributed by atoms with Gasteiger partial charge in [-0.25, -0.2) is 9.66 Å². The van der Waals surface area contributed by atoms with Crippen molar-refractivity contribution in [1.29, 1.82) is 0 Å². The van der Waals surface area contributed by atoms with Crippen LogP contribution in [0, 0.1) is 20.8 Å². The smallest absolute Gasteiger partial charge is 0.270 e. The van der Waals surface area contributed by atoms with Gasteiger partial charge in [0, 0.05) is 11.1 Å². The Bertz CT molecular complexity index is 1010. The first kappa shape index (κ1) is 16.2. The van der Waals surface area contributed by atoms with Crippen molar-refractivity contribution in [3.05, 3.63) is 65.0 Å². The van der Waals surface area contributed by atoms with E-state index in [1.807, 2.05) is 19.1 Å². The molecule has 1 aliphatic rings. The second-order valence-corrected chi connectivity index (χ2v) is 6.32. The molecule has 1 N–H and O–H groups in total. The van der Waals surface area contributed by atoms with Crippen molar-refractivity contribution in [2.45, 2.75) is 20.8 Å². The van der Waals surface area contributed by atoms with E-state index in [2.05, 4.69) is 30.3 Å². The summed E-state index contributed by atoms with van der Waals surface area (Å²) < 4.78 is 12.4. The van der Waals surface area contributed by atoms with E-state index in [4.69, 9.17) is 9.47 Å². The minimum absolute atomic E-state index is 0.178. The quantitative estimate of drug-likeness (QED) is 0.785. The molecule has 2 heterocycles. The summed E-state index contributed by atoms with van der Waals surface area (Å²) >= 11 is 0. The molecule has 0 spiro atoms. The van der Waals surface area contributed by atoms with Crippen LogP contribution in [-0.4, -0.2) is 22.4 Å². The van der Waals surface area contributed by atoms with E-state index in [0.717, 1.165) is 16.8 Å². The summed E-state index contributed by atoms with van der Waals surface area (Å²) in [5.41, 5.74) is 7.57. The lowest BCUT2D eigenvalue weighted by Gasteiger charge is -2.14. The predicted octanol–water partition coefficient (Wildman–Crippen LogP) is 3.59. The molecule has 0 bridgehead atoms. The van der Waals surface area contributed by atoms with Crippen molar-refractivity contribution < 1.29 is 14.3 Å². The standard InChI is InChI=1S/C20H19N3O3/c1-12-5-4-6-16(14(12)3)19-21-10-13(2)23(19)22-20(24)15-7-8-17-18(9-15)26-11-25-17/h4-10H,11H2,1-3H3,(H,22,24). The Morgan fingerprint density at radius 3 is 2.77 bits per heavy atom. The minimum atomic E-state index is -0.240. The average molecular weight is 349 g/mol. The molecular weight excluding hydrogens is 330 g/mol. The van der Waals surface area contributed by atoms with Crippen molar-refractivity contribution in [3.8, 4) is 22.9 Å². The highest BCUT2D eigenvalue weighted by atomic mass is 16.7. The first-order chi connectivity index (χ1) is 12.5. The van der Waals surface area contributed by atoms with E-state index in [0.29, 0.717) is 22.9 Å². The Morgan fingerprint density at radius 2 is 1.92 bits per heavy atom. The van der Waals surface area contributed by atoms with E-state index in [9.17, 15) is 4.79 Å². The molecule has 0 unspecified atom stereocenters. The molecule has 26 heavy (non-hydrogen) atoms. The predicted molar refractivity (Wildman–Crippen MR) is 98.1 cm³/mol. The van der Waals surface area contributed by atoms with Gasteiger partial charge in [-0.2, -0.15) is 0 Å². The number of aromatic nitrogens is 2. The molecule has 3 aromatic rings. The summed E-state index contributed by atoms with van der Waals surface area (Å²) in [6.07, 6.45) is 1.75. The van der Waals surface area contributed by atoms with Crippen LogP contribution in [0.5, 0.6) is 11.5 Å². The maximum atomic E-state index is 12.7. The van der Waals surface area contributed by atoms with Gasteiger partial charge in [0.05, 0.1) is 11.9 Å². The number of benzene rings is 2. The largest absolute Gasteiger partial charge is 0.454 e. The summed E-state index contributed by atoms with van der Waals surface area (Å²) in [6, 6.07) is 11.2. The van der Waals surface area contributed by atoms with Crippen LogP contribution in [0.25, 0.3) is 11.4 Å². The van der Waals surface area contributed by atoms with E-state index in [-0.39, 0.29) is 12.7 Å². The molecule has 0 saturated heterocycles. The second-order valence-electron chi connectivity index (χ2n) is 6.32. The van der Waals surface area contributed by atoms with Gasteiger partial charge in [0.1, 0.15) is 0 Å². The zero-order chi connectivity index (χ0) is 18.3. The molecule has 6 nitrogen and oxygen atoms in total. The van der Waals surface area contributed by atoms with Gasteiger partial charge in [0.15, 0.2) is 17.3 Å². The van der Waals surface area contributed by atoms with Crippen molar-refractivity contribution >= 4 is 5.91 Å². The second kappa shape index (κ2) is 6.22. The number of imidazole rings is 1. The van der Waals surface area contributed by atoms with Gasteiger partial charge < -0.3 is 9.47 Å². The molecule has 0 aliphatic carbocycles. The Hall–Kier alpha value is -3.28. The SMILES string of the molecule is Cc1cccc(-c2ncc(C)n2NC(=O)c2ccc3c(c2)OCO3)c1C. The van der Waals surface area contributed by atoms with Crippen LogP contribution in [0.2, 0.25) is 0 Å². The summed E-state index contributed by atoms with van der Waals surface area (Å²) in [5, 5.41) is 0. The maximum absolute atomic E-state index is 12.7. The fourth-order valence-electron chi connectivity index (χ4n) is 2.97. The highest BCUT2D eigenvalue weighted by molar-refractivity contribution is 6.00. The van der Waals surface area contributed by atoms with Gasteiger partial charge in [-0.15, -0.1) is 0 Å². The zero-order valence-corrected chi connectivity index (χ0v) is 14.9. The number of ether oxygens (including phenoxy) is 2. The van der Waals surface area contributed by atoms with Crippen LogP contribution >= 0.6 is 0 Å². The molecule has 0 atom stereocenters. The Balaban J connectivity index is 1.68. The van der Waals surface area contributed by atoms with Crippen LogP contribution in [-0.2, 0) is 0 Å². The molecular formula is C20H19N3O3. The monoisotopic (exact) mass is 349 g/mol. The molecule has 2 aromatic carbocycles. The number of nitrogens with one attached hydrogen (secondary N) is 1. The van der Waals surface area contributed by atoms with Crippen LogP contribution < -0.4 is 14.9 Å². The highest BCUT2D eigenvalue weighted by Crippen LogP contribution is 2.32. The number of fused-ring (bicyclic) bond motifs is 1. The number of carbonyl (C=O) groups is 1. The van der Waals surface area contributed by atoms with E-state index in [1.165, 1.54) is 5.56 Å². The fraction of sp³-hybridized carbons (Fsp3) is 0.200. The summed E-state index contributed by atoms with van der Waals surface area (Å²) in [7, 11) is 0. The lowest BCUT2D eigenvalue weighted by molar-refractivity contribution is 0.101. The van der Waals surface area contributed by atoms with Crippen molar-refractivity contribution in [2.24, 2.45) is 0 Å². The number of rotatable bonds is 3. The number of hydrogen-bond acceptors (Lipinski definition) is 4. The van der Waals surface area contributed by atoms with Crippen molar-refractivity contribution in [1.82, 2.24) is 9.66 Å². The van der Waals surface area contributed by atoms with Gasteiger partial charge >= 0.3 is 0 Å². The molecule has 4 rings (SSSR count).